The maximum Gasteiger partial charge on any atom is 0.350 e. The van der Waals surface area contributed by atoms with Crippen LogP contribution in [0.3, 0.4) is 0 Å². The second-order valence-corrected chi connectivity index (χ2v) is 6.47. The van der Waals surface area contributed by atoms with Crippen molar-refractivity contribution in [2.45, 2.75) is 20.4 Å². The molecule has 0 unspecified atom stereocenters. The summed E-state index contributed by atoms with van der Waals surface area (Å²) in [5.41, 5.74) is 8.54. The van der Waals surface area contributed by atoms with Gasteiger partial charge in [0, 0.05) is 19.7 Å². The standard InChI is InChI=1S/C20H21FN6O2/c1-13-17(16-6-7-23-19(8-16)25-14(2)28)4-3-5-18(13)26-12-24-27(20(26)29)11-15(9-21)10-22/h3-9,12H,10-11,22H2,1-2H3,(H,23,25,28)/b15-9+. The van der Waals surface area contributed by atoms with Crippen LogP contribution < -0.4 is 16.7 Å². The van der Waals surface area contributed by atoms with Crippen LogP contribution in [0.4, 0.5) is 10.2 Å². The van der Waals surface area contributed by atoms with Crippen LogP contribution in [-0.4, -0.2) is 31.8 Å². The number of benzene rings is 1. The summed E-state index contributed by atoms with van der Waals surface area (Å²) in [7, 11) is 0. The number of hydrogen-bond acceptors (Lipinski definition) is 5. The van der Waals surface area contributed by atoms with E-state index in [9.17, 15) is 14.0 Å². The van der Waals surface area contributed by atoms with Crippen LogP contribution in [0.1, 0.15) is 12.5 Å². The van der Waals surface area contributed by atoms with Gasteiger partial charge in [-0.3, -0.25) is 4.79 Å². The second-order valence-electron chi connectivity index (χ2n) is 6.47. The minimum atomic E-state index is -0.397. The molecule has 2 aromatic heterocycles. The van der Waals surface area contributed by atoms with Crippen LogP contribution in [0, 0.1) is 6.92 Å². The Kier molecular flexibility index (Phi) is 5.99. The van der Waals surface area contributed by atoms with Gasteiger partial charge in [0.25, 0.3) is 0 Å². The first-order valence-electron chi connectivity index (χ1n) is 8.91. The lowest BCUT2D eigenvalue weighted by Crippen LogP contribution is -2.26. The van der Waals surface area contributed by atoms with Gasteiger partial charge in [0.2, 0.25) is 5.91 Å². The number of rotatable bonds is 6. The lowest BCUT2D eigenvalue weighted by atomic mass is 10.00. The Morgan fingerprint density at radius 1 is 1.34 bits per heavy atom. The van der Waals surface area contributed by atoms with E-state index in [2.05, 4.69) is 15.4 Å². The van der Waals surface area contributed by atoms with Crippen molar-refractivity contribution in [1.82, 2.24) is 19.3 Å². The molecule has 8 nitrogen and oxygen atoms in total. The van der Waals surface area contributed by atoms with Gasteiger partial charge in [-0.25, -0.2) is 23.4 Å². The monoisotopic (exact) mass is 396 g/mol. The topological polar surface area (TPSA) is 108 Å². The molecule has 150 valence electrons. The van der Waals surface area contributed by atoms with Gasteiger partial charge < -0.3 is 11.1 Å². The molecule has 3 N–H and O–H groups in total. The lowest BCUT2D eigenvalue weighted by Gasteiger charge is -2.12. The third kappa shape index (κ3) is 4.30. The zero-order chi connectivity index (χ0) is 21.0. The molecule has 0 spiro atoms. The van der Waals surface area contributed by atoms with Gasteiger partial charge in [0.15, 0.2) is 0 Å². The summed E-state index contributed by atoms with van der Waals surface area (Å²) >= 11 is 0. The van der Waals surface area contributed by atoms with Gasteiger partial charge >= 0.3 is 5.69 Å². The third-order valence-corrected chi connectivity index (χ3v) is 4.44. The molecule has 1 amide bonds. The minimum Gasteiger partial charge on any atom is -0.327 e. The number of halogens is 1. The first-order valence-corrected chi connectivity index (χ1v) is 8.91. The fourth-order valence-electron chi connectivity index (χ4n) is 2.99. The largest absolute Gasteiger partial charge is 0.350 e. The van der Waals surface area contributed by atoms with Crippen molar-refractivity contribution in [3.8, 4) is 16.8 Å². The molecule has 9 heteroatoms. The Labute approximate surface area is 166 Å². The summed E-state index contributed by atoms with van der Waals surface area (Å²) in [6.45, 7) is 3.29. The van der Waals surface area contributed by atoms with Crippen LogP contribution in [0.15, 0.2) is 59.6 Å². The summed E-state index contributed by atoms with van der Waals surface area (Å²) in [5.74, 6) is 0.232. The smallest absolute Gasteiger partial charge is 0.327 e. The molecule has 0 aliphatic carbocycles. The van der Waals surface area contributed by atoms with Crippen LogP contribution >= 0.6 is 0 Å². The summed E-state index contributed by atoms with van der Waals surface area (Å²) in [6.07, 6.45) is 3.40. The van der Waals surface area contributed by atoms with Crippen LogP contribution in [-0.2, 0) is 11.3 Å². The maximum atomic E-state index is 12.8. The van der Waals surface area contributed by atoms with Crippen LogP contribution in [0.25, 0.3) is 16.8 Å². The molecule has 0 radical (unpaired) electrons. The Morgan fingerprint density at radius 2 is 2.14 bits per heavy atom. The summed E-state index contributed by atoms with van der Waals surface area (Å²) < 4.78 is 15.4. The highest BCUT2D eigenvalue weighted by Gasteiger charge is 2.13. The molecular weight excluding hydrogens is 375 g/mol. The number of carbonyl (C=O) groups excluding carboxylic acids is 1. The predicted molar refractivity (Wildman–Crippen MR) is 108 cm³/mol. The zero-order valence-corrected chi connectivity index (χ0v) is 16.1. The van der Waals surface area contributed by atoms with Crippen molar-refractivity contribution >= 4 is 11.7 Å². The number of nitrogens with zero attached hydrogens (tertiary/aromatic N) is 4. The molecule has 2 heterocycles. The molecule has 0 saturated heterocycles. The van der Waals surface area contributed by atoms with Crippen molar-refractivity contribution in [3.05, 3.63) is 70.8 Å². The van der Waals surface area contributed by atoms with Crippen molar-refractivity contribution in [2.75, 3.05) is 11.9 Å². The number of nitrogens with one attached hydrogen (secondary N) is 1. The minimum absolute atomic E-state index is 0.00296. The first kappa shape index (κ1) is 20.2. The molecule has 0 bridgehead atoms. The van der Waals surface area contributed by atoms with Crippen molar-refractivity contribution in [3.63, 3.8) is 0 Å². The van der Waals surface area contributed by atoms with Gasteiger partial charge in [0.05, 0.1) is 18.6 Å². The number of pyridine rings is 1. The number of amides is 1. The molecule has 0 aliphatic heterocycles. The van der Waals surface area contributed by atoms with Gasteiger partial charge in [-0.2, -0.15) is 5.10 Å². The van der Waals surface area contributed by atoms with E-state index in [1.807, 2.05) is 25.1 Å². The predicted octanol–water partition coefficient (Wildman–Crippen LogP) is 2.17. The summed E-state index contributed by atoms with van der Waals surface area (Å²) in [4.78, 5) is 28.2. The third-order valence-electron chi connectivity index (χ3n) is 4.44. The number of anilines is 1. The fourth-order valence-corrected chi connectivity index (χ4v) is 2.99. The highest BCUT2D eigenvalue weighted by atomic mass is 19.1. The Balaban J connectivity index is 2.02. The van der Waals surface area contributed by atoms with Crippen LogP contribution in [0.5, 0.6) is 0 Å². The Morgan fingerprint density at radius 3 is 2.83 bits per heavy atom. The molecule has 1 aromatic carbocycles. The maximum absolute atomic E-state index is 12.8. The molecule has 0 saturated carbocycles. The Hall–Kier alpha value is -3.59. The van der Waals surface area contributed by atoms with E-state index in [1.54, 1.807) is 18.3 Å². The van der Waals surface area contributed by atoms with Crippen LogP contribution in [0.2, 0.25) is 0 Å². The summed E-state index contributed by atoms with van der Waals surface area (Å²) in [5, 5.41) is 6.72. The van der Waals surface area contributed by atoms with Gasteiger partial charge in [-0.05, 0) is 47.4 Å². The van der Waals surface area contributed by atoms with E-state index >= 15 is 0 Å². The van der Waals surface area contributed by atoms with E-state index < -0.39 is 5.69 Å². The lowest BCUT2D eigenvalue weighted by molar-refractivity contribution is -0.114. The van der Waals surface area contributed by atoms with Gasteiger partial charge in [-0.1, -0.05) is 12.1 Å². The van der Waals surface area contributed by atoms with Gasteiger partial charge in [0.1, 0.15) is 12.1 Å². The van der Waals surface area contributed by atoms with E-state index in [4.69, 9.17) is 5.73 Å². The molecule has 29 heavy (non-hydrogen) atoms. The molecule has 3 rings (SSSR count). The number of hydrogen-bond donors (Lipinski definition) is 2. The highest BCUT2D eigenvalue weighted by Crippen LogP contribution is 2.28. The number of nitrogens with two attached hydrogens (primary N) is 1. The van der Waals surface area contributed by atoms with E-state index in [0.29, 0.717) is 17.8 Å². The number of carbonyl (C=O) groups is 1. The molecule has 0 atom stereocenters. The molecule has 0 fully saturated rings. The van der Waals surface area contributed by atoms with Crippen molar-refractivity contribution in [2.24, 2.45) is 5.73 Å². The van der Waals surface area contributed by atoms with Crippen molar-refractivity contribution in [1.29, 1.82) is 0 Å². The summed E-state index contributed by atoms with van der Waals surface area (Å²) in [6, 6.07) is 9.13. The fraction of sp³-hybridized carbons (Fsp3) is 0.200. The van der Waals surface area contributed by atoms with E-state index in [0.717, 1.165) is 21.4 Å². The first-order chi connectivity index (χ1) is 13.9. The average Bonchev–Trinajstić information content (AvgIpc) is 3.06. The average molecular weight is 396 g/mol. The number of aromatic nitrogens is 4. The normalized spacial score (nSPS) is 11.5. The SMILES string of the molecule is CC(=O)Nc1cc(-c2cccc(-n3cnn(C/C(=C/F)CN)c3=O)c2C)ccn1. The molecule has 3 aromatic rings. The van der Waals surface area contributed by atoms with Gasteiger partial charge in [-0.15, -0.1) is 0 Å². The highest BCUT2D eigenvalue weighted by molar-refractivity contribution is 5.88. The quantitative estimate of drug-likeness (QED) is 0.664. The second kappa shape index (κ2) is 8.61. The molecular formula is C20H21FN6O2. The van der Waals surface area contributed by atoms with Crippen molar-refractivity contribution < 1.29 is 9.18 Å². The molecule has 0 aliphatic rings. The van der Waals surface area contributed by atoms with E-state index in [1.165, 1.54) is 17.8 Å². The van der Waals surface area contributed by atoms with E-state index in [-0.39, 0.29) is 24.6 Å². The zero-order valence-electron chi connectivity index (χ0n) is 16.1. The Bertz CT molecular complexity index is 1130.